The SMILES string of the molecule is CNC(=O)c1cc(F)c(-c2nc3cc(C)ccn3c2C[C@@H]2CCCN(C(=O)O)C2)c(F)c1. The van der Waals surface area contributed by atoms with Crippen molar-refractivity contribution in [2.45, 2.75) is 26.2 Å². The van der Waals surface area contributed by atoms with Gasteiger partial charge in [0.2, 0.25) is 0 Å². The molecule has 1 aromatic carbocycles. The average molecular weight is 442 g/mol. The third-order valence-electron chi connectivity index (χ3n) is 5.92. The third kappa shape index (κ3) is 4.02. The van der Waals surface area contributed by atoms with Crippen molar-refractivity contribution >= 4 is 17.6 Å². The van der Waals surface area contributed by atoms with Crippen LogP contribution in [0.15, 0.2) is 30.5 Å². The van der Waals surface area contributed by atoms with Gasteiger partial charge in [-0.3, -0.25) is 4.79 Å². The predicted octanol–water partition coefficient (Wildman–Crippen LogP) is 3.88. The smallest absolute Gasteiger partial charge is 0.407 e. The number of rotatable bonds is 4. The number of piperidine rings is 1. The summed E-state index contributed by atoms with van der Waals surface area (Å²) in [5.41, 5.74) is 1.88. The van der Waals surface area contributed by atoms with Crippen molar-refractivity contribution in [1.29, 1.82) is 0 Å². The second-order valence-corrected chi connectivity index (χ2v) is 8.17. The maximum absolute atomic E-state index is 15.1. The Hall–Kier alpha value is -3.49. The van der Waals surface area contributed by atoms with Crippen molar-refractivity contribution in [3.63, 3.8) is 0 Å². The number of carboxylic acid groups (broad SMARTS) is 1. The highest BCUT2D eigenvalue weighted by Gasteiger charge is 2.28. The average Bonchev–Trinajstić information content (AvgIpc) is 3.09. The van der Waals surface area contributed by atoms with Crippen LogP contribution in [-0.4, -0.2) is 51.5 Å². The van der Waals surface area contributed by atoms with E-state index in [0.717, 1.165) is 30.5 Å². The number of nitrogens with one attached hydrogen (secondary N) is 1. The Kier molecular flexibility index (Phi) is 5.82. The van der Waals surface area contributed by atoms with Gasteiger partial charge in [0.05, 0.1) is 17.0 Å². The van der Waals surface area contributed by atoms with Gasteiger partial charge in [0.1, 0.15) is 17.3 Å². The number of fused-ring (bicyclic) bond motifs is 1. The standard InChI is InChI=1S/C23H24F2N4O3/c1-13-5-7-29-18(9-14-4-3-6-28(12-14)23(31)32)21(27-19(29)8-13)20-16(24)10-15(11-17(20)25)22(30)26-2/h5,7-8,10-11,14H,3-4,6,9,12H2,1-2H3,(H,26,30)(H,31,32)/t14-/m0/s1. The van der Waals surface area contributed by atoms with Crippen LogP contribution in [0.2, 0.25) is 0 Å². The summed E-state index contributed by atoms with van der Waals surface area (Å²) in [4.78, 5) is 29.2. The monoisotopic (exact) mass is 442 g/mol. The lowest BCUT2D eigenvalue weighted by molar-refractivity contribution is 0.0962. The fourth-order valence-electron chi connectivity index (χ4n) is 4.35. The lowest BCUT2D eigenvalue weighted by Gasteiger charge is -2.30. The molecule has 1 atom stereocenters. The molecule has 1 aliphatic heterocycles. The van der Waals surface area contributed by atoms with Crippen molar-refractivity contribution in [3.05, 3.63) is 58.9 Å². The molecular formula is C23H24F2N4O3. The summed E-state index contributed by atoms with van der Waals surface area (Å²) < 4.78 is 31.9. The molecule has 3 aromatic rings. The quantitative estimate of drug-likeness (QED) is 0.642. The number of nitrogens with zero attached hydrogens (tertiary/aromatic N) is 3. The van der Waals surface area contributed by atoms with Crippen LogP contribution < -0.4 is 5.32 Å². The molecule has 168 valence electrons. The first-order chi connectivity index (χ1) is 15.3. The molecule has 1 fully saturated rings. The molecule has 9 heteroatoms. The van der Waals surface area contributed by atoms with E-state index in [4.69, 9.17) is 0 Å². The van der Waals surface area contributed by atoms with E-state index in [1.54, 1.807) is 4.40 Å². The second kappa shape index (κ2) is 8.57. The highest BCUT2D eigenvalue weighted by Crippen LogP contribution is 2.33. The lowest BCUT2D eigenvalue weighted by Crippen LogP contribution is -2.39. The van der Waals surface area contributed by atoms with Crippen molar-refractivity contribution in [2.24, 2.45) is 5.92 Å². The number of aromatic nitrogens is 2. The van der Waals surface area contributed by atoms with Crippen LogP contribution in [0.25, 0.3) is 16.9 Å². The largest absolute Gasteiger partial charge is 0.465 e. The molecule has 0 bridgehead atoms. The number of imidazole rings is 1. The van der Waals surface area contributed by atoms with E-state index in [0.29, 0.717) is 30.9 Å². The number of amides is 2. The van der Waals surface area contributed by atoms with Crippen LogP contribution in [0.4, 0.5) is 13.6 Å². The van der Waals surface area contributed by atoms with Crippen molar-refractivity contribution in [3.8, 4) is 11.3 Å². The molecule has 7 nitrogen and oxygen atoms in total. The molecule has 1 saturated heterocycles. The summed E-state index contributed by atoms with van der Waals surface area (Å²) in [6.07, 6.45) is 2.79. The van der Waals surface area contributed by atoms with Gasteiger partial charge < -0.3 is 19.7 Å². The molecule has 3 heterocycles. The van der Waals surface area contributed by atoms with Crippen molar-refractivity contribution in [2.75, 3.05) is 20.1 Å². The highest BCUT2D eigenvalue weighted by atomic mass is 19.1. The van der Waals surface area contributed by atoms with Crippen LogP contribution in [-0.2, 0) is 6.42 Å². The number of hydrogen-bond acceptors (Lipinski definition) is 3. The van der Waals surface area contributed by atoms with E-state index in [-0.39, 0.29) is 22.7 Å². The Labute approximate surface area is 183 Å². The summed E-state index contributed by atoms with van der Waals surface area (Å²) in [6, 6.07) is 5.71. The summed E-state index contributed by atoms with van der Waals surface area (Å²) >= 11 is 0. The van der Waals surface area contributed by atoms with Gasteiger partial charge in [-0.2, -0.15) is 0 Å². The van der Waals surface area contributed by atoms with E-state index in [1.165, 1.54) is 11.9 Å². The number of carbonyl (C=O) groups is 2. The zero-order valence-corrected chi connectivity index (χ0v) is 17.9. The molecule has 1 aliphatic rings. The van der Waals surface area contributed by atoms with Crippen molar-refractivity contribution < 1.29 is 23.5 Å². The number of pyridine rings is 1. The van der Waals surface area contributed by atoms with Gasteiger partial charge in [-0.15, -0.1) is 0 Å². The normalized spacial score (nSPS) is 16.4. The van der Waals surface area contributed by atoms with E-state index < -0.39 is 23.6 Å². The minimum absolute atomic E-state index is 0.00364. The maximum atomic E-state index is 15.1. The molecule has 2 amide bonds. The van der Waals surface area contributed by atoms with Crippen LogP contribution in [0.1, 0.15) is 34.5 Å². The molecule has 4 rings (SSSR count). The van der Waals surface area contributed by atoms with Gasteiger partial charge in [-0.05, 0) is 61.9 Å². The number of aryl methyl sites for hydroxylation is 1. The molecule has 0 unspecified atom stereocenters. The van der Waals surface area contributed by atoms with E-state index >= 15 is 8.78 Å². The molecule has 0 radical (unpaired) electrons. The van der Waals surface area contributed by atoms with Gasteiger partial charge >= 0.3 is 6.09 Å². The summed E-state index contributed by atoms with van der Waals surface area (Å²) in [5.74, 6) is -2.34. The van der Waals surface area contributed by atoms with Crippen LogP contribution >= 0.6 is 0 Å². The summed E-state index contributed by atoms with van der Waals surface area (Å²) in [7, 11) is 1.39. The maximum Gasteiger partial charge on any atom is 0.407 e. The number of halogens is 2. The number of likely N-dealkylation sites (tertiary alicyclic amines) is 1. The molecule has 0 aliphatic carbocycles. The Bertz CT molecular complexity index is 1180. The molecule has 2 aromatic heterocycles. The first-order valence-corrected chi connectivity index (χ1v) is 10.5. The van der Waals surface area contributed by atoms with Gasteiger partial charge in [-0.25, -0.2) is 18.6 Å². The second-order valence-electron chi connectivity index (χ2n) is 8.17. The first kappa shape index (κ1) is 21.7. The van der Waals surface area contributed by atoms with Crippen LogP contribution in [0.5, 0.6) is 0 Å². The van der Waals surface area contributed by atoms with E-state index in [9.17, 15) is 14.7 Å². The number of benzene rings is 1. The van der Waals surface area contributed by atoms with Gasteiger partial charge in [0, 0.05) is 31.9 Å². The Morgan fingerprint density at radius 1 is 1.25 bits per heavy atom. The van der Waals surface area contributed by atoms with E-state index in [1.807, 2.05) is 25.3 Å². The fourth-order valence-corrected chi connectivity index (χ4v) is 4.35. The Morgan fingerprint density at radius 3 is 2.62 bits per heavy atom. The number of hydrogen-bond donors (Lipinski definition) is 2. The van der Waals surface area contributed by atoms with Crippen molar-refractivity contribution in [1.82, 2.24) is 19.6 Å². The topological polar surface area (TPSA) is 86.9 Å². The van der Waals surface area contributed by atoms with Gasteiger partial charge in [0.15, 0.2) is 0 Å². The van der Waals surface area contributed by atoms with Gasteiger partial charge in [0.25, 0.3) is 5.91 Å². The molecule has 0 spiro atoms. The zero-order valence-electron chi connectivity index (χ0n) is 17.9. The third-order valence-corrected chi connectivity index (χ3v) is 5.92. The summed E-state index contributed by atoms with van der Waals surface area (Å²) in [6.45, 7) is 2.74. The highest BCUT2D eigenvalue weighted by molar-refractivity contribution is 5.94. The minimum Gasteiger partial charge on any atom is -0.465 e. The Balaban J connectivity index is 1.82. The molecular weight excluding hydrogens is 418 g/mol. The van der Waals surface area contributed by atoms with Gasteiger partial charge in [-0.1, -0.05) is 0 Å². The Morgan fingerprint density at radius 2 is 1.97 bits per heavy atom. The van der Waals surface area contributed by atoms with E-state index in [2.05, 4.69) is 10.3 Å². The predicted molar refractivity (Wildman–Crippen MR) is 115 cm³/mol. The minimum atomic E-state index is -0.967. The molecule has 32 heavy (non-hydrogen) atoms. The molecule has 2 N–H and O–H groups in total. The lowest BCUT2D eigenvalue weighted by atomic mass is 9.92. The zero-order chi connectivity index (χ0) is 23.0. The van der Waals surface area contributed by atoms with Crippen LogP contribution in [0.3, 0.4) is 0 Å². The summed E-state index contributed by atoms with van der Waals surface area (Å²) in [5, 5.41) is 11.7. The number of carbonyl (C=O) groups excluding carboxylic acids is 1. The first-order valence-electron chi connectivity index (χ1n) is 10.5. The van der Waals surface area contributed by atoms with Crippen LogP contribution in [0, 0.1) is 24.5 Å². The fraction of sp³-hybridized carbons (Fsp3) is 0.348. The molecule has 0 saturated carbocycles.